The smallest absolute Gasteiger partial charge is 0.291 e. The molecule has 7 rings (SSSR count). The molecule has 2 aromatic rings. The summed E-state index contributed by atoms with van der Waals surface area (Å²) in [6.45, 7) is 1.52. The van der Waals surface area contributed by atoms with Crippen LogP contribution in [0.4, 0.5) is 0 Å². The van der Waals surface area contributed by atoms with Crippen molar-refractivity contribution in [3.63, 3.8) is 0 Å². The highest BCUT2D eigenvalue weighted by Gasteiger charge is 2.49. The van der Waals surface area contributed by atoms with Crippen molar-refractivity contribution in [1.82, 2.24) is 15.8 Å². The van der Waals surface area contributed by atoms with Crippen LogP contribution in [0.3, 0.4) is 0 Å². The van der Waals surface area contributed by atoms with E-state index >= 15 is 0 Å². The van der Waals surface area contributed by atoms with E-state index in [0.717, 1.165) is 16.7 Å². The highest BCUT2D eigenvalue weighted by molar-refractivity contribution is 7.99. The summed E-state index contributed by atoms with van der Waals surface area (Å²) in [6.07, 6.45) is 7.45. The highest BCUT2D eigenvalue weighted by Crippen LogP contribution is 2.53. The van der Waals surface area contributed by atoms with Gasteiger partial charge < -0.3 is 25.6 Å². The van der Waals surface area contributed by atoms with Gasteiger partial charge in [-0.15, -0.1) is 0 Å². The van der Waals surface area contributed by atoms with Crippen LogP contribution in [-0.2, 0) is 4.79 Å². The molecule has 9 heteroatoms. The van der Waals surface area contributed by atoms with Gasteiger partial charge in [0.15, 0.2) is 0 Å². The molecule has 1 aromatic carbocycles. The van der Waals surface area contributed by atoms with Crippen LogP contribution in [-0.4, -0.2) is 42.7 Å². The Morgan fingerprint density at radius 1 is 1.08 bits per heavy atom. The zero-order valence-electron chi connectivity index (χ0n) is 20.4. The average Bonchev–Trinajstić information content (AvgIpc) is 3.28. The lowest BCUT2D eigenvalue weighted by Gasteiger charge is -2.54. The number of hydrogen-bond acceptors (Lipinski definition) is 7. The molecule has 192 valence electrons. The monoisotopic (exact) mass is 510 g/mol. The van der Waals surface area contributed by atoms with Gasteiger partial charge in [0.1, 0.15) is 11.5 Å². The van der Waals surface area contributed by atoms with Crippen molar-refractivity contribution in [1.29, 1.82) is 0 Å². The van der Waals surface area contributed by atoms with Crippen LogP contribution < -0.4 is 21.1 Å². The molecule has 4 bridgehead atoms. The predicted molar refractivity (Wildman–Crippen MR) is 135 cm³/mol. The lowest BCUT2D eigenvalue weighted by Crippen LogP contribution is -2.55. The van der Waals surface area contributed by atoms with E-state index in [4.69, 9.17) is 15.0 Å². The fourth-order valence-corrected chi connectivity index (χ4v) is 8.09. The summed E-state index contributed by atoms with van der Waals surface area (Å²) in [4.78, 5) is 27.4. The largest absolute Gasteiger partial charge is 0.474 e. The number of piperidine rings is 1. The van der Waals surface area contributed by atoms with Crippen molar-refractivity contribution >= 4 is 23.6 Å². The van der Waals surface area contributed by atoms with Crippen LogP contribution in [0.15, 0.2) is 44.6 Å². The van der Waals surface area contributed by atoms with Gasteiger partial charge in [0, 0.05) is 10.9 Å². The first-order chi connectivity index (χ1) is 17.5. The zero-order chi connectivity index (χ0) is 24.7. The molecular weight excluding hydrogens is 476 g/mol. The molecule has 4 aliphatic carbocycles. The van der Waals surface area contributed by atoms with E-state index in [-0.39, 0.29) is 36.1 Å². The second-order valence-electron chi connectivity index (χ2n) is 11.2. The molecule has 2 heterocycles. The Morgan fingerprint density at radius 2 is 1.75 bits per heavy atom. The molecule has 1 saturated heterocycles. The molecule has 0 spiro atoms. The van der Waals surface area contributed by atoms with Gasteiger partial charge in [-0.1, -0.05) is 30.0 Å². The third-order valence-electron chi connectivity index (χ3n) is 8.88. The topological polar surface area (TPSA) is 119 Å². The molecule has 4 N–H and O–H groups in total. The maximum atomic E-state index is 13.5. The predicted octanol–water partition coefficient (Wildman–Crippen LogP) is 3.61. The van der Waals surface area contributed by atoms with E-state index in [1.165, 1.54) is 43.9 Å². The first-order valence-corrected chi connectivity index (χ1v) is 14.0. The van der Waals surface area contributed by atoms with E-state index in [2.05, 4.69) is 15.8 Å². The lowest BCUT2D eigenvalue weighted by atomic mass is 9.54. The molecule has 0 unspecified atom stereocenters. The number of nitrogens with zero attached hydrogens (tertiary/aromatic N) is 1. The Bertz CT molecular complexity index is 1090. The van der Waals surface area contributed by atoms with Gasteiger partial charge in [0.05, 0.1) is 5.41 Å². The summed E-state index contributed by atoms with van der Waals surface area (Å²) in [6, 6.07) is 9.98. The SMILES string of the molecule is NC(=O)C1(COc2noc(C(=O)NC3C4CC5CC(C4)CC3C5)c2Sc2ccccc2)CCNCC1. The Kier molecular flexibility index (Phi) is 6.46. The number of primary amides is 1. The van der Waals surface area contributed by atoms with Crippen LogP contribution in [0.25, 0.3) is 0 Å². The number of nitrogens with two attached hydrogens (primary N) is 1. The van der Waals surface area contributed by atoms with Crippen molar-refractivity contribution in [2.45, 2.75) is 60.8 Å². The minimum atomic E-state index is -0.762. The number of carbonyl (C=O) groups is 2. The quantitative estimate of drug-likeness (QED) is 0.496. The first kappa shape index (κ1) is 23.9. The zero-order valence-corrected chi connectivity index (χ0v) is 21.2. The minimum absolute atomic E-state index is 0.107. The lowest BCUT2D eigenvalue weighted by molar-refractivity contribution is -0.131. The molecule has 5 fully saturated rings. The molecule has 0 atom stereocenters. The fourth-order valence-electron chi connectivity index (χ4n) is 7.15. The fraction of sp³-hybridized carbons (Fsp3) is 0.593. The summed E-state index contributed by atoms with van der Waals surface area (Å²) in [5.41, 5.74) is 5.02. The van der Waals surface area contributed by atoms with Gasteiger partial charge in [-0.2, -0.15) is 0 Å². The number of ether oxygens (including phenoxy) is 1. The van der Waals surface area contributed by atoms with E-state index < -0.39 is 5.41 Å². The number of amides is 2. The second-order valence-corrected chi connectivity index (χ2v) is 12.3. The van der Waals surface area contributed by atoms with Gasteiger partial charge in [0.2, 0.25) is 11.7 Å². The van der Waals surface area contributed by atoms with Gasteiger partial charge in [-0.3, -0.25) is 9.59 Å². The van der Waals surface area contributed by atoms with E-state index in [1.54, 1.807) is 0 Å². The van der Waals surface area contributed by atoms with Crippen LogP contribution >= 0.6 is 11.8 Å². The van der Waals surface area contributed by atoms with Crippen molar-refractivity contribution in [2.24, 2.45) is 34.8 Å². The van der Waals surface area contributed by atoms with Crippen molar-refractivity contribution < 1.29 is 18.8 Å². The number of aromatic nitrogens is 1. The Hall–Kier alpha value is -2.52. The van der Waals surface area contributed by atoms with Crippen molar-refractivity contribution in [2.75, 3.05) is 19.7 Å². The minimum Gasteiger partial charge on any atom is -0.474 e. The van der Waals surface area contributed by atoms with Crippen LogP contribution in [0.2, 0.25) is 0 Å². The number of carbonyl (C=O) groups excluding carboxylic acids is 2. The van der Waals surface area contributed by atoms with Crippen LogP contribution in [0, 0.1) is 29.1 Å². The standard InChI is InChI=1S/C27H34N4O4S/c28-26(33)27(6-8-29-9-7-27)15-34-25-23(36-20-4-2-1-3-5-20)22(35-31-25)24(32)30-21-18-11-16-10-17(13-18)14-19(21)12-16/h1-5,16-19,21,29H,6-15H2,(H2,28,33)(H,30,32). The highest BCUT2D eigenvalue weighted by atomic mass is 32.2. The maximum Gasteiger partial charge on any atom is 0.291 e. The van der Waals surface area contributed by atoms with Gasteiger partial charge >= 0.3 is 0 Å². The number of nitrogens with one attached hydrogen (secondary N) is 2. The number of benzene rings is 1. The van der Waals surface area contributed by atoms with Gasteiger partial charge in [-0.05, 0) is 99.0 Å². The third-order valence-corrected chi connectivity index (χ3v) is 9.95. The van der Waals surface area contributed by atoms with E-state index in [0.29, 0.717) is 42.7 Å². The van der Waals surface area contributed by atoms with Gasteiger partial charge in [-0.25, -0.2) is 0 Å². The molecule has 1 aromatic heterocycles. The molecule has 1 aliphatic heterocycles. The molecule has 5 aliphatic rings. The third kappa shape index (κ3) is 4.52. The summed E-state index contributed by atoms with van der Waals surface area (Å²) in [7, 11) is 0. The summed E-state index contributed by atoms with van der Waals surface area (Å²) in [5, 5.41) is 10.7. The number of hydrogen-bond donors (Lipinski definition) is 3. The summed E-state index contributed by atoms with van der Waals surface area (Å²) >= 11 is 1.39. The van der Waals surface area contributed by atoms with E-state index in [9.17, 15) is 9.59 Å². The molecular formula is C27H34N4O4S. The Labute approximate surface area is 215 Å². The molecule has 2 amide bonds. The van der Waals surface area contributed by atoms with E-state index in [1.807, 2.05) is 30.3 Å². The Balaban J connectivity index is 1.23. The molecule has 0 radical (unpaired) electrons. The molecule has 4 saturated carbocycles. The van der Waals surface area contributed by atoms with Crippen molar-refractivity contribution in [3.8, 4) is 5.88 Å². The Morgan fingerprint density at radius 3 is 2.39 bits per heavy atom. The average molecular weight is 511 g/mol. The normalized spacial score (nSPS) is 30.2. The molecule has 36 heavy (non-hydrogen) atoms. The summed E-state index contributed by atoms with van der Waals surface area (Å²) in [5.74, 6) is 2.59. The first-order valence-electron chi connectivity index (χ1n) is 13.2. The second kappa shape index (κ2) is 9.74. The van der Waals surface area contributed by atoms with Gasteiger partial charge in [0.25, 0.3) is 11.8 Å². The number of rotatable bonds is 8. The molecule has 8 nitrogen and oxygen atoms in total. The maximum absolute atomic E-state index is 13.5. The van der Waals surface area contributed by atoms with Crippen molar-refractivity contribution in [3.05, 3.63) is 36.1 Å². The van der Waals surface area contributed by atoms with Crippen LogP contribution in [0.5, 0.6) is 5.88 Å². The summed E-state index contributed by atoms with van der Waals surface area (Å²) < 4.78 is 11.7. The van der Waals surface area contributed by atoms with Crippen LogP contribution in [0.1, 0.15) is 55.5 Å².